The standard InChI is InChI=1S/C22H18Cl2FN5O4S2/c1-9-14(23)15(24)16(26-9)18(31)27-11-6-7-30(8-10(11)25)21-29-17(20(36-21)34-22(32)33)19-28-12-4-2-3-5-13(12)35-19/h2-5,10-11,26H,6-8H2,1H3,(H,27,31)(H,32,33)/t10-,11+/m0/s1. The van der Waals surface area contributed by atoms with Gasteiger partial charge in [-0.05, 0) is 25.5 Å². The summed E-state index contributed by atoms with van der Waals surface area (Å²) in [5.74, 6) is -0.541. The van der Waals surface area contributed by atoms with E-state index in [9.17, 15) is 14.7 Å². The molecule has 1 fully saturated rings. The molecule has 1 aromatic carbocycles. The predicted molar refractivity (Wildman–Crippen MR) is 138 cm³/mol. The Morgan fingerprint density at radius 2 is 2.03 bits per heavy atom. The van der Waals surface area contributed by atoms with Crippen molar-refractivity contribution in [2.75, 3.05) is 18.0 Å². The highest BCUT2D eigenvalue weighted by Gasteiger charge is 2.34. The van der Waals surface area contributed by atoms with Crippen LogP contribution in [0.3, 0.4) is 0 Å². The number of carbonyl (C=O) groups excluding carboxylic acids is 1. The van der Waals surface area contributed by atoms with Gasteiger partial charge >= 0.3 is 6.16 Å². The molecule has 9 nitrogen and oxygen atoms in total. The van der Waals surface area contributed by atoms with Crippen LogP contribution in [0, 0.1) is 6.92 Å². The zero-order valence-electron chi connectivity index (χ0n) is 18.5. The van der Waals surface area contributed by atoms with Crippen LogP contribution in [-0.2, 0) is 0 Å². The molecular formula is C22H18Cl2FN5O4S2. The maximum absolute atomic E-state index is 15.1. The largest absolute Gasteiger partial charge is 0.512 e. The molecule has 4 aromatic rings. The van der Waals surface area contributed by atoms with E-state index in [1.165, 1.54) is 11.3 Å². The second-order valence-corrected chi connectivity index (χ2v) is 10.8. The van der Waals surface area contributed by atoms with Gasteiger partial charge in [-0.25, -0.2) is 19.2 Å². The highest BCUT2D eigenvalue weighted by atomic mass is 35.5. The van der Waals surface area contributed by atoms with Crippen LogP contribution >= 0.6 is 45.9 Å². The number of thiazole rings is 2. The summed E-state index contributed by atoms with van der Waals surface area (Å²) in [5, 5.41) is 13.2. The topological polar surface area (TPSA) is 120 Å². The third kappa shape index (κ3) is 4.73. The van der Waals surface area contributed by atoms with Gasteiger partial charge in [-0.15, -0.1) is 11.3 Å². The first kappa shape index (κ1) is 24.8. The number of anilines is 1. The summed E-state index contributed by atoms with van der Waals surface area (Å²) in [6.45, 7) is 2.01. The highest BCUT2D eigenvalue weighted by Crippen LogP contribution is 2.43. The fourth-order valence-electron chi connectivity index (χ4n) is 3.90. The second kappa shape index (κ2) is 9.85. The number of piperidine rings is 1. The van der Waals surface area contributed by atoms with E-state index < -0.39 is 24.3 Å². The van der Waals surface area contributed by atoms with E-state index in [1.54, 1.807) is 11.8 Å². The van der Waals surface area contributed by atoms with Crippen molar-refractivity contribution in [3.63, 3.8) is 0 Å². The lowest BCUT2D eigenvalue weighted by atomic mass is 10.0. The van der Waals surface area contributed by atoms with E-state index >= 15 is 4.39 Å². The summed E-state index contributed by atoms with van der Waals surface area (Å²) in [6, 6.07) is 6.75. The number of aromatic amines is 1. The number of alkyl halides is 1. The summed E-state index contributed by atoms with van der Waals surface area (Å²) < 4.78 is 21.0. The molecule has 0 bridgehead atoms. The molecule has 2 atom stereocenters. The molecule has 0 spiro atoms. The molecule has 0 saturated carbocycles. The van der Waals surface area contributed by atoms with Crippen molar-refractivity contribution >= 4 is 73.3 Å². The van der Waals surface area contributed by atoms with E-state index in [4.69, 9.17) is 27.9 Å². The number of nitrogens with one attached hydrogen (secondary N) is 2. The number of benzene rings is 1. The van der Waals surface area contributed by atoms with Gasteiger partial charge in [-0.3, -0.25) is 4.79 Å². The molecule has 3 N–H and O–H groups in total. The van der Waals surface area contributed by atoms with Crippen LogP contribution in [0.1, 0.15) is 22.6 Å². The van der Waals surface area contributed by atoms with Crippen molar-refractivity contribution in [2.24, 2.45) is 0 Å². The van der Waals surface area contributed by atoms with Crippen LogP contribution in [0.25, 0.3) is 20.9 Å². The number of amides is 1. The minimum atomic E-state index is -1.48. The molecule has 0 radical (unpaired) electrons. The molecule has 1 aliphatic rings. The third-order valence-electron chi connectivity index (χ3n) is 5.67. The van der Waals surface area contributed by atoms with Gasteiger partial charge in [0.2, 0.25) is 5.06 Å². The van der Waals surface area contributed by atoms with Crippen LogP contribution in [0.5, 0.6) is 5.06 Å². The molecular weight excluding hydrogens is 552 g/mol. The van der Waals surface area contributed by atoms with E-state index in [0.29, 0.717) is 28.8 Å². The van der Waals surface area contributed by atoms with Crippen LogP contribution in [0.15, 0.2) is 24.3 Å². The SMILES string of the molecule is Cc1[nH]c(C(=O)N[C@@H]2CCN(c3nc(-c4nc5ccccc5s4)c(OC(=O)O)s3)C[C@@H]2F)c(Cl)c1Cl. The average molecular weight is 570 g/mol. The Morgan fingerprint density at radius 1 is 1.25 bits per heavy atom. The minimum Gasteiger partial charge on any atom is -0.449 e. The monoisotopic (exact) mass is 569 g/mol. The van der Waals surface area contributed by atoms with Gasteiger partial charge in [0, 0.05) is 12.2 Å². The number of nitrogens with zero attached hydrogens (tertiary/aromatic N) is 3. The van der Waals surface area contributed by atoms with Crippen molar-refractivity contribution < 1.29 is 23.8 Å². The number of rotatable bonds is 5. The van der Waals surface area contributed by atoms with E-state index in [0.717, 1.165) is 21.6 Å². The lowest BCUT2D eigenvalue weighted by Crippen LogP contribution is -2.52. The Kier molecular flexibility index (Phi) is 6.77. The molecule has 0 unspecified atom stereocenters. The quantitative estimate of drug-likeness (QED) is 0.261. The molecule has 4 heterocycles. The molecule has 0 aliphatic carbocycles. The van der Waals surface area contributed by atoms with Crippen LogP contribution in [-0.4, -0.2) is 57.4 Å². The number of hydrogen-bond donors (Lipinski definition) is 3. The summed E-state index contributed by atoms with van der Waals surface area (Å²) in [5.41, 5.74) is 1.68. The Balaban J connectivity index is 1.34. The van der Waals surface area contributed by atoms with Crippen molar-refractivity contribution in [2.45, 2.75) is 25.6 Å². The molecule has 5 rings (SSSR count). The predicted octanol–water partition coefficient (Wildman–Crippen LogP) is 5.77. The Hall–Kier alpha value is -2.93. The first-order valence-electron chi connectivity index (χ1n) is 10.7. The number of hydrogen-bond acceptors (Lipinski definition) is 8. The van der Waals surface area contributed by atoms with Gasteiger partial charge in [-0.2, -0.15) is 0 Å². The first-order chi connectivity index (χ1) is 17.2. The smallest absolute Gasteiger partial charge is 0.449 e. The van der Waals surface area contributed by atoms with Crippen molar-refractivity contribution in [3.8, 4) is 15.8 Å². The summed E-state index contributed by atoms with van der Waals surface area (Å²) in [4.78, 5) is 37.5. The summed E-state index contributed by atoms with van der Waals surface area (Å²) in [7, 11) is 0. The molecule has 1 amide bonds. The Morgan fingerprint density at radius 3 is 2.69 bits per heavy atom. The minimum absolute atomic E-state index is 0.0531. The Bertz CT molecular complexity index is 1440. The number of aryl methyl sites for hydroxylation is 1. The molecule has 36 heavy (non-hydrogen) atoms. The number of ether oxygens (including phenoxy) is 1. The van der Waals surface area contributed by atoms with Crippen molar-refractivity contribution in [1.82, 2.24) is 20.3 Å². The van der Waals surface area contributed by atoms with E-state index in [-0.39, 0.29) is 33.0 Å². The number of aromatic nitrogens is 3. The Labute approximate surface area is 221 Å². The zero-order valence-corrected chi connectivity index (χ0v) is 21.7. The number of carbonyl (C=O) groups is 2. The normalized spacial score (nSPS) is 17.9. The van der Waals surface area contributed by atoms with Gasteiger partial charge in [0.25, 0.3) is 5.91 Å². The van der Waals surface area contributed by atoms with Gasteiger partial charge < -0.3 is 25.0 Å². The fraction of sp³-hybridized carbons (Fsp3) is 0.273. The van der Waals surface area contributed by atoms with Crippen molar-refractivity contribution in [3.05, 3.63) is 45.7 Å². The van der Waals surface area contributed by atoms with E-state index in [2.05, 4.69) is 20.3 Å². The number of fused-ring (bicyclic) bond motifs is 1. The molecule has 1 saturated heterocycles. The maximum atomic E-state index is 15.1. The average Bonchev–Trinajstić information content (AvgIpc) is 3.52. The van der Waals surface area contributed by atoms with Gasteiger partial charge in [0.05, 0.1) is 32.8 Å². The van der Waals surface area contributed by atoms with Crippen LogP contribution in [0.4, 0.5) is 14.3 Å². The molecule has 188 valence electrons. The molecule has 1 aliphatic heterocycles. The zero-order chi connectivity index (χ0) is 25.6. The van der Waals surface area contributed by atoms with Crippen molar-refractivity contribution in [1.29, 1.82) is 0 Å². The van der Waals surface area contributed by atoms with Gasteiger partial charge in [0.15, 0.2) is 10.8 Å². The van der Waals surface area contributed by atoms with Gasteiger partial charge in [-0.1, -0.05) is 46.7 Å². The van der Waals surface area contributed by atoms with Gasteiger partial charge in [0.1, 0.15) is 16.9 Å². The highest BCUT2D eigenvalue weighted by molar-refractivity contribution is 7.22. The molecule has 14 heteroatoms. The summed E-state index contributed by atoms with van der Waals surface area (Å²) >= 11 is 14.5. The van der Waals surface area contributed by atoms with Crippen LogP contribution < -0.4 is 15.0 Å². The first-order valence-corrected chi connectivity index (χ1v) is 13.1. The lowest BCUT2D eigenvalue weighted by molar-refractivity contribution is 0.0894. The molecule has 3 aromatic heterocycles. The maximum Gasteiger partial charge on any atom is 0.512 e. The second-order valence-electron chi connectivity index (χ2n) is 8.07. The number of carboxylic acid groups (broad SMARTS) is 1. The third-order valence-corrected chi connectivity index (χ3v) is 8.66. The van der Waals surface area contributed by atoms with Crippen LogP contribution in [0.2, 0.25) is 10.0 Å². The fourth-order valence-corrected chi connectivity index (χ4v) is 6.28. The van der Waals surface area contributed by atoms with E-state index in [1.807, 2.05) is 24.3 Å². The summed E-state index contributed by atoms with van der Waals surface area (Å²) in [6.07, 6.45) is -2.59. The number of halogens is 3. The lowest BCUT2D eigenvalue weighted by Gasteiger charge is -2.34. The number of para-hydroxylation sites is 1. The number of H-pyrrole nitrogens is 1.